The molecule has 1 aromatic rings. The molecule has 0 aliphatic carbocycles. The van der Waals surface area contributed by atoms with Crippen molar-refractivity contribution in [1.29, 1.82) is 0 Å². The van der Waals surface area contributed by atoms with E-state index in [1.807, 2.05) is 0 Å². The molecule has 0 N–H and O–H groups in total. The summed E-state index contributed by atoms with van der Waals surface area (Å²) in [5.74, 6) is -2.04. The molecule has 0 atom stereocenters. The molecule has 0 spiro atoms. The van der Waals surface area contributed by atoms with Gasteiger partial charge in [-0.1, -0.05) is 0 Å². The molecule has 0 aliphatic rings. The first-order chi connectivity index (χ1) is 7.73. The van der Waals surface area contributed by atoms with E-state index in [9.17, 15) is 28.1 Å². The molecule has 8 heteroatoms. The lowest BCUT2D eigenvalue weighted by Crippen LogP contribution is -2.38. The van der Waals surface area contributed by atoms with Crippen molar-refractivity contribution in [2.45, 2.75) is 6.18 Å². The Labute approximate surface area is 93.6 Å². The van der Waals surface area contributed by atoms with Crippen LogP contribution in [-0.2, 0) is 4.79 Å². The van der Waals surface area contributed by atoms with Crippen molar-refractivity contribution in [2.24, 2.45) is 0 Å². The first kappa shape index (κ1) is 12.9. The fourth-order valence-electron chi connectivity index (χ4n) is 1.11. The standard InChI is InChI=1S/C9H7F3N2O3/c1-13(8(15)9(10,11)12)6-2-4-7(5-3-6)14(16)17/h2-5H,1H3. The van der Waals surface area contributed by atoms with Crippen molar-refractivity contribution >= 4 is 17.3 Å². The molecule has 1 aromatic carbocycles. The Kier molecular flexibility index (Phi) is 3.35. The minimum Gasteiger partial charge on any atom is -0.308 e. The Bertz CT molecular complexity index is 442. The summed E-state index contributed by atoms with van der Waals surface area (Å²) in [6.45, 7) is 0. The maximum absolute atomic E-state index is 12.1. The van der Waals surface area contributed by atoms with Crippen LogP contribution in [0.4, 0.5) is 24.5 Å². The van der Waals surface area contributed by atoms with Crippen LogP contribution >= 0.6 is 0 Å². The van der Waals surface area contributed by atoms with Crippen molar-refractivity contribution in [1.82, 2.24) is 0 Å². The Hall–Kier alpha value is -2.12. The molecule has 0 unspecified atom stereocenters. The van der Waals surface area contributed by atoms with E-state index in [-0.39, 0.29) is 11.4 Å². The zero-order valence-corrected chi connectivity index (χ0v) is 8.56. The average Bonchev–Trinajstić information content (AvgIpc) is 2.26. The zero-order valence-electron chi connectivity index (χ0n) is 8.56. The highest BCUT2D eigenvalue weighted by Crippen LogP contribution is 2.24. The Morgan fingerprint density at radius 3 is 2.12 bits per heavy atom. The number of carbonyl (C=O) groups is 1. The van der Waals surface area contributed by atoms with Gasteiger partial charge in [0.25, 0.3) is 5.69 Å². The van der Waals surface area contributed by atoms with Crippen molar-refractivity contribution in [2.75, 3.05) is 11.9 Å². The number of nitrogens with zero attached hydrogens (tertiary/aromatic N) is 2. The lowest BCUT2D eigenvalue weighted by molar-refractivity contribution is -0.384. The third-order valence-corrected chi connectivity index (χ3v) is 1.99. The summed E-state index contributed by atoms with van der Waals surface area (Å²) in [4.78, 5) is 20.9. The number of non-ortho nitro benzene ring substituents is 1. The van der Waals surface area contributed by atoms with Crippen LogP contribution in [0, 0.1) is 10.1 Å². The number of nitro benzene ring substituents is 1. The molecule has 0 radical (unpaired) electrons. The van der Waals surface area contributed by atoms with Crippen LogP contribution in [0.1, 0.15) is 0 Å². The molecule has 0 heterocycles. The molecule has 0 aromatic heterocycles. The van der Waals surface area contributed by atoms with Gasteiger partial charge in [-0.05, 0) is 12.1 Å². The lowest BCUT2D eigenvalue weighted by atomic mass is 10.2. The first-order valence-electron chi connectivity index (χ1n) is 4.33. The van der Waals surface area contributed by atoms with E-state index in [2.05, 4.69) is 0 Å². The molecule has 1 rings (SSSR count). The number of nitro groups is 1. The van der Waals surface area contributed by atoms with Gasteiger partial charge in [0, 0.05) is 24.9 Å². The van der Waals surface area contributed by atoms with Gasteiger partial charge in [0.15, 0.2) is 0 Å². The van der Waals surface area contributed by atoms with Crippen molar-refractivity contribution in [3.63, 3.8) is 0 Å². The van der Waals surface area contributed by atoms with Gasteiger partial charge >= 0.3 is 12.1 Å². The topological polar surface area (TPSA) is 63.5 Å². The fraction of sp³-hybridized carbons (Fsp3) is 0.222. The van der Waals surface area contributed by atoms with Gasteiger partial charge in [0.2, 0.25) is 0 Å². The Balaban J connectivity index is 2.94. The minimum absolute atomic E-state index is 0.0714. The number of rotatable bonds is 2. The summed E-state index contributed by atoms with van der Waals surface area (Å²) in [6, 6.07) is 4.19. The van der Waals surface area contributed by atoms with Crippen molar-refractivity contribution in [3.05, 3.63) is 34.4 Å². The van der Waals surface area contributed by atoms with Gasteiger partial charge in [0.05, 0.1) is 4.92 Å². The van der Waals surface area contributed by atoms with E-state index in [0.717, 1.165) is 31.3 Å². The largest absolute Gasteiger partial charge is 0.471 e. The predicted molar refractivity (Wildman–Crippen MR) is 52.6 cm³/mol. The van der Waals surface area contributed by atoms with Crippen molar-refractivity contribution in [3.8, 4) is 0 Å². The third kappa shape index (κ3) is 2.92. The highest BCUT2D eigenvalue weighted by atomic mass is 19.4. The number of benzene rings is 1. The Morgan fingerprint density at radius 2 is 1.76 bits per heavy atom. The molecular weight excluding hydrogens is 241 g/mol. The molecule has 5 nitrogen and oxygen atoms in total. The van der Waals surface area contributed by atoms with Crippen LogP contribution in [0.15, 0.2) is 24.3 Å². The van der Waals surface area contributed by atoms with Crippen molar-refractivity contribution < 1.29 is 22.9 Å². The molecule has 0 bridgehead atoms. The van der Waals surface area contributed by atoms with Gasteiger partial charge < -0.3 is 4.90 Å². The highest BCUT2D eigenvalue weighted by molar-refractivity contribution is 5.96. The average molecular weight is 248 g/mol. The summed E-state index contributed by atoms with van der Waals surface area (Å²) >= 11 is 0. The molecule has 0 saturated carbocycles. The second-order valence-electron chi connectivity index (χ2n) is 3.14. The van der Waals surface area contributed by atoms with Crippen LogP contribution in [0.5, 0.6) is 0 Å². The number of carbonyl (C=O) groups excluding carboxylic acids is 1. The van der Waals surface area contributed by atoms with E-state index >= 15 is 0 Å². The van der Waals surface area contributed by atoms with E-state index in [1.165, 1.54) is 0 Å². The van der Waals surface area contributed by atoms with Gasteiger partial charge in [-0.25, -0.2) is 0 Å². The first-order valence-corrected chi connectivity index (χ1v) is 4.33. The molecular formula is C9H7F3N2O3. The Morgan fingerprint density at radius 1 is 1.29 bits per heavy atom. The van der Waals surface area contributed by atoms with Crippen LogP contribution in [-0.4, -0.2) is 24.1 Å². The van der Waals surface area contributed by atoms with Gasteiger partial charge in [-0.15, -0.1) is 0 Å². The third-order valence-electron chi connectivity index (χ3n) is 1.99. The van der Waals surface area contributed by atoms with Crippen LogP contribution in [0.25, 0.3) is 0 Å². The maximum Gasteiger partial charge on any atom is 0.471 e. The maximum atomic E-state index is 12.1. The summed E-state index contributed by atoms with van der Waals surface area (Å²) < 4.78 is 36.3. The molecule has 0 saturated heterocycles. The minimum atomic E-state index is -4.98. The normalized spacial score (nSPS) is 11.1. The predicted octanol–water partition coefficient (Wildman–Crippen LogP) is 2.12. The quantitative estimate of drug-likeness (QED) is 0.594. The van der Waals surface area contributed by atoms with Gasteiger partial charge in [0.1, 0.15) is 0 Å². The number of halogens is 3. The second kappa shape index (κ2) is 4.40. The summed E-state index contributed by atoms with van der Waals surface area (Å²) in [7, 11) is 0.941. The number of anilines is 1. The SMILES string of the molecule is CN(C(=O)C(F)(F)F)c1ccc([N+](=O)[O-])cc1. The molecule has 17 heavy (non-hydrogen) atoms. The number of alkyl halides is 3. The van der Waals surface area contributed by atoms with Crippen LogP contribution in [0.2, 0.25) is 0 Å². The highest BCUT2D eigenvalue weighted by Gasteiger charge is 2.41. The van der Waals surface area contributed by atoms with Crippen LogP contribution < -0.4 is 4.90 Å². The van der Waals surface area contributed by atoms with Crippen LogP contribution in [0.3, 0.4) is 0 Å². The van der Waals surface area contributed by atoms with Gasteiger partial charge in [-0.2, -0.15) is 13.2 Å². The number of hydrogen-bond donors (Lipinski definition) is 0. The molecule has 92 valence electrons. The summed E-state index contributed by atoms with van der Waals surface area (Å²) in [5, 5.41) is 10.3. The van der Waals surface area contributed by atoms with E-state index in [1.54, 1.807) is 0 Å². The fourth-order valence-corrected chi connectivity index (χ4v) is 1.11. The second-order valence-corrected chi connectivity index (χ2v) is 3.14. The zero-order chi connectivity index (χ0) is 13.2. The van der Waals surface area contributed by atoms with E-state index in [0.29, 0.717) is 4.90 Å². The molecule has 0 aliphatic heterocycles. The summed E-state index contributed by atoms with van der Waals surface area (Å²) in [6.07, 6.45) is -4.98. The lowest BCUT2D eigenvalue weighted by Gasteiger charge is -2.18. The summed E-state index contributed by atoms with van der Waals surface area (Å²) in [5.41, 5.74) is -0.334. The van der Waals surface area contributed by atoms with E-state index in [4.69, 9.17) is 0 Å². The smallest absolute Gasteiger partial charge is 0.308 e. The number of hydrogen-bond acceptors (Lipinski definition) is 3. The molecule has 0 fully saturated rings. The molecule has 1 amide bonds. The number of amides is 1. The van der Waals surface area contributed by atoms with E-state index < -0.39 is 17.0 Å². The monoisotopic (exact) mass is 248 g/mol. The van der Waals surface area contributed by atoms with Gasteiger partial charge in [-0.3, -0.25) is 14.9 Å².